The van der Waals surface area contributed by atoms with Crippen LogP contribution in [0.1, 0.15) is 40.3 Å². The van der Waals surface area contributed by atoms with E-state index in [-0.39, 0.29) is 11.7 Å². The van der Waals surface area contributed by atoms with E-state index >= 15 is 0 Å². The fourth-order valence-electron chi connectivity index (χ4n) is 1.58. The molecule has 0 aromatic carbocycles. The first-order valence-electron chi connectivity index (χ1n) is 6.80. The number of nitrogens with one attached hydrogen (secondary N) is 1. The van der Waals surface area contributed by atoms with Crippen molar-refractivity contribution < 1.29 is 22.7 Å². The van der Waals surface area contributed by atoms with Gasteiger partial charge in [0.05, 0.1) is 0 Å². The van der Waals surface area contributed by atoms with E-state index in [9.17, 15) is 18.0 Å². The Hall–Kier alpha value is -1.86. The predicted octanol–water partition coefficient (Wildman–Crippen LogP) is 3.27. The Labute approximate surface area is 127 Å². The Kier molecular flexibility index (Phi) is 5.37. The molecule has 0 unspecified atom stereocenters. The van der Waals surface area contributed by atoms with Gasteiger partial charge in [0.1, 0.15) is 17.5 Å². The molecule has 0 aliphatic rings. The van der Waals surface area contributed by atoms with Gasteiger partial charge in [-0.2, -0.15) is 13.2 Å². The van der Waals surface area contributed by atoms with E-state index in [2.05, 4.69) is 15.5 Å². The molecule has 0 fully saturated rings. The lowest BCUT2D eigenvalue weighted by atomic mass is 10.0. The van der Waals surface area contributed by atoms with Crippen molar-refractivity contribution >= 4 is 11.8 Å². The standard InChI is InChI=1S/C14H20F3N3O2/c1-8(2)11(12(21)22-13(3,4)5)18-10-7-6-9(19-20-10)14(15,16)17/h6-8,11H,1-5H3,(H,18,20)/t11-/m1/s1. The summed E-state index contributed by atoms with van der Waals surface area (Å²) in [4.78, 5) is 12.1. The number of nitrogens with zero attached hydrogens (tertiary/aromatic N) is 2. The van der Waals surface area contributed by atoms with Crippen LogP contribution in [0, 0.1) is 5.92 Å². The molecule has 0 aliphatic heterocycles. The smallest absolute Gasteiger partial charge is 0.435 e. The number of carbonyl (C=O) groups excluding carboxylic acids is 1. The molecule has 1 aromatic heterocycles. The minimum Gasteiger partial charge on any atom is -0.458 e. The average molecular weight is 319 g/mol. The number of hydrogen-bond acceptors (Lipinski definition) is 5. The van der Waals surface area contributed by atoms with Crippen LogP contribution >= 0.6 is 0 Å². The highest BCUT2D eigenvalue weighted by Gasteiger charge is 2.33. The number of hydrogen-bond donors (Lipinski definition) is 1. The number of esters is 1. The largest absolute Gasteiger partial charge is 0.458 e. The first kappa shape index (κ1) is 18.2. The second kappa shape index (κ2) is 6.50. The van der Waals surface area contributed by atoms with Gasteiger partial charge in [0, 0.05) is 0 Å². The molecule has 1 N–H and O–H groups in total. The zero-order valence-electron chi connectivity index (χ0n) is 13.2. The molecule has 0 radical (unpaired) electrons. The van der Waals surface area contributed by atoms with E-state index in [0.29, 0.717) is 0 Å². The van der Waals surface area contributed by atoms with Crippen LogP contribution < -0.4 is 5.32 Å². The Balaban J connectivity index is 2.86. The zero-order valence-corrected chi connectivity index (χ0v) is 13.2. The van der Waals surface area contributed by atoms with E-state index in [0.717, 1.165) is 12.1 Å². The number of ether oxygens (including phenoxy) is 1. The molecule has 1 heterocycles. The number of rotatable bonds is 4. The zero-order chi connectivity index (χ0) is 17.1. The van der Waals surface area contributed by atoms with Crippen molar-refractivity contribution in [2.45, 2.75) is 52.4 Å². The van der Waals surface area contributed by atoms with Crippen molar-refractivity contribution in [3.05, 3.63) is 17.8 Å². The quantitative estimate of drug-likeness (QED) is 0.863. The van der Waals surface area contributed by atoms with Gasteiger partial charge in [0.25, 0.3) is 0 Å². The summed E-state index contributed by atoms with van der Waals surface area (Å²) in [7, 11) is 0. The summed E-state index contributed by atoms with van der Waals surface area (Å²) in [6, 6.07) is 1.21. The minimum absolute atomic E-state index is 0.0811. The Bertz CT molecular complexity index is 508. The molecule has 1 aromatic rings. The van der Waals surface area contributed by atoms with Crippen LogP contribution in [0.3, 0.4) is 0 Å². The predicted molar refractivity (Wildman–Crippen MR) is 75.1 cm³/mol. The molecule has 0 aliphatic carbocycles. The third kappa shape index (κ3) is 5.50. The molecule has 0 saturated heterocycles. The van der Waals surface area contributed by atoms with Crippen molar-refractivity contribution in [2.75, 3.05) is 5.32 Å². The molecule has 0 saturated carbocycles. The average Bonchev–Trinajstić information content (AvgIpc) is 2.32. The van der Waals surface area contributed by atoms with Gasteiger partial charge in [-0.05, 0) is 38.8 Å². The third-order valence-electron chi connectivity index (χ3n) is 2.59. The lowest BCUT2D eigenvalue weighted by molar-refractivity contribution is -0.156. The Morgan fingerprint density at radius 3 is 2.14 bits per heavy atom. The lowest BCUT2D eigenvalue weighted by Crippen LogP contribution is -2.40. The van der Waals surface area contributed by atoms with Crippen LogP contribution in [-0.4, -0.2) is 27.8 Å². The van der Waals surface area contributed by atoms with Gasteiger partial charge in [-0.3, -0.25) is 0 Å². The highest BCUT2D eigenvalue weighted by atomic mass is 19.4. The van der Waals surface area contributed by atoms with Crippen LogP contribution in [-0.2, 0) is 15.7 Å². The van der Waals surface area contributed by atoms with Gasteiger partial charge in [-0.25, -0.2) is 4.79 Å². The topological polar surface area (TPSA) is 64.1 Å². The van der Waals surface area contributed by atoms with Gasteiger partial charge in [0.2, 0.25) is 0 Å². The molecule has 8 heteroatoms. The number of anilines is 1. The van der Waals surface area contributed by atoms with E-state index in [1.54, 1.807) is 34.6 Å². The van der Waals surface area contributed by atoms with Gasteiger partial charge >= 0.3 is 12.1 Å². The van der Waals surface area contributed by atoms with Crippen molar-refractivity contribution in [3.8, 4) is 0 Å². The normalized spacial score (nSPS) is 13.9. The van der Waals surface area contributed by atoms with Crippen molar-refractivity contribution in [2.24, 2.45) is 5.92 Å². The van der Waals surface area contributed by atoms with Crippen molar-refractivity contribution in [3.63, 3.8) is 0 Å². The maximum Gasteiger partial charge on any atom is 0.435 e. The van der Waals surface area contributed by atoms with E-state index in [1.807, 2.05) is 0 Å². The second-order valence-corrected chi connectivity index (χ2v) is 6.20. The third-order valence-corrected chi connectivity index (χ3v) is 2.59. The number of alkyl halides is 3. The highest BCUT2D eigenvalue weighted by molar-refractivity contribution is 5.79. The van der Waals surface area contributed by atoms with Crippen LogP contribution in [0.2, 0.25) is 0 Å². The van der Waals surface area contributed by atoms with Crippen LogP contribution in [0.5, 0.6) is 0 Å². The summed E-state index contributed by atoms with van der Waals surface area (Å²) in [5.41, 5.74) is -1.74. The number of aromatic nitrogens is 2. The second-order valence-electron chi connectivity index (χ2n) is 6.20. The summed E-state index contributed by atoms with van der Waals surface area (Å²) in [5, 5.41) is 9.33. The molecule has 1 rings (SSSR count). The Morgan fingerprint density at radius 1 is 1.18 bits per heavy atom. The van der Waals surface area contributed by atoms with Crippen LogP contribution in [0.15, 0.2) is 12.1 Å². The molecule has 1 atom stereocenters. The highest BCUT2D eigenvalue weighted by Crippen LogP contribution is 2.27. The first-order chi connectivity index (χ1) is 9.90. The van der Waals surface area contributed by atoms with Gasteiger partial charge in [0.15, 0.2) is 5.69 Å². The molecule has 0 bridgehead atoms. The fraction of sp³-hybridized carbons (Fsp3) is 0.643. The summed E-state index contributed by atoms with van der Waals surface area (Å²) in [6.45, 7) is 8.79. The Morgan fingerprint density at radius 2 is 1.77 bits per heavy atom. The fourth-order valence-corrected chi connectivity index (χ4v) is 1.58. The van der Waals surface area contributed by atoms with Crippen LogP contribution in [0.4, 0.5) is 19.0 Å². The van der Waals surface area contributed by atoms with Crippen molar-refractivity contribution in [1.29, 1.82) is 0 Å². The summed E-state index contributed by atoms with van der Waals surface area (Å²) in [5.74, 6) is -0.555. The molecular weight excluding hydrogens is 299 g/mol. The van der Waals surface area contributed by atoms with Crippen molar-refractivity contribution in [1.82, 2.24) is 10.2 Å². The van der Waals surface area contributed by atoms with E-state index in [4.69, 9.17) is 4.74 Å². The van der Waals surface area contributed by atoms with Gasteiger partial charge in [-0.15, -0.1) is 10.2 Å². The maximum atomic E-state index is 12.4. The van der Waals surface area contributed by atoms with Gasteiger partial charge in [-0.1, -0.05) is 13.8 Å². The first-order valence-corrected chi connectivity index (χ1v) is 6.80. The van der Waals surface area contributed by atoms with E-state index < -0.39 is 29.5 Å². The SMILES string of the molecule is CC(C)[C@@H](Nc1ccc(C(F)(F)F)nn1)C(=O)OC(C)(C)C. The molecule has 0 amide bonds. The minimum atomic E-state index is -4.55. The summed E-state index contributed by atoms with van der Waals surface area (Å²) in [6.07, 6.45) is -4.55. The summed E-state index contributed by atoms with van der Waals surface area (Å²) < 4.78 is 42.6. The van der Waals surface area contributed by atoms with Gasteiger partial charge < -0.3 is 10.1 Å². The molecule has 22 heavy (non-hydrogen) atoms. The summed E-state index contributed by atoms with van der Waals surface area (Å²) >= 11 is 0. The number of carbonyl (C=O) groups is 1. The molecule has 5 nitrogen and oxygen atoms in total. The molecule has 0 spiro atoms. The monoisotopic (exact) mass is 319 g/mol. The molecule has 124 valence electrons. The van der Waals surface area contributed by atoms with E-state index in [1.165, 1.54) is 0 Å². The lowest BCUT2D eigenvalue weighted by Gasteiger charge is -2.26. The number of halogens is 3. The molecular formula is C14H20F3N3O2. The maximum absolute atomic E-state index is 12.4. The van der Waals surface area contributed by atoms with Crippen LogP contribution in [0.25, 0.3) is 0 Å².